The van der Waals surface area contributed by atoms with Crippen molar-refractivity contribution in [1.29, 1.82) is 0 Å². The van der Waals surface area contributed by atoms with Crippen molar-refractivity contribution in [1.82, 2.24) is 15.5 Å². The van der Waals surface area contributed by atoms with Crippen LogP contribution >= 0.6 is 24.0 Å². The summed E-state index contributed by atoms with van der Waals surface area (Å²) in [5.74, 6) is 0.659. The third kappa shape index (κ3) is 8.61. The fourth-order valence-corrected chi connectivity index (χ4v) is 2.81. The van der Waals surface area contributed by atoms with Crippen molar-refractivity contribution in [3.8, 4) is 0 Å². The first-order chi connectivity index (χ1) is 13.3. The second-order valence-electron chi connectivity index (χ2n) is 6.80. The van der Waals surface area contributed by atoms with E-state index in [0.717, 1.165) is 24.2 Å². The van der Waals surface area contributed by atoms with Crippen molar-refractivity contribution >= 4 is 29.9 Å². The maximum Gasteiger partial charge on any atom is 0.416 e. The van der Waals surface area contributed by atoms with Crippen LogP contribution in [0.4, 0.5) is 13.2 Å². The highest BCUT2D eigenvalue weighted by atomic mass is 127. The Morgan fingerprint density at radius 3 is 2.14 bits per heavy atom. The van der Waals surface area contributed by atoms with Crippen LogP contribution in [0.2, 0.25) is 0 Å². The van der Waals surface area contributed by atoms with E-state index in [-0.39, 0.29) is 24.0 Å². The van der Waals surface area contributed by atoms with E-state index in [1.54, 1.807) is 7.05 Å². The molecule has 0 heterocycles. The molecule has 0 aliphatic heterocycles. The van der Waals surface area contributed by atoms with Gasteiger partial charge in [0.25, 0.3) is 0 Å². The molecule has 160 valence electrons. The van der Waals surface area contributed by atoms with Crippen molar-refractivity contribution < 1.29 is 13.2 Å². The summed E-state index contributed by atoms with van der Waals surface area (Å²) >= 11 is 0. The maximum atomic E-state index is 12.6. The van der Waals surface area contributed by atoms with Crippen molar-refractivity contribution in [3.63, 3.8) is 0 Å². The second-order valence-corrected chi connectivity index (χ2v) is 6.80. The number of nitrogens with one attached hydrogen (secondary N) is 2. The monoisotopic (exact) mass is 520 g/mol. The van der Waals surface area contributed by atoms with Gasteiger partial charge in [0.05, 0.1) is 5.56 Å². The predicted octanol–water partition coefficient (Wildman–Crippen LogP) is 4.29. The van der Waals surface area contributed by atoms with E-state index in [9.17, 15) is 13.2 Å². The van der Waals surface area contributed by atoms with Gasteiger partial charge < -0.3 is 15.5 Å². The molecule has 0 bridgehead atoms. The van der Waals surface area contributed by atoms with Gasteiger partial charge in [0.15, 0.2) is 5.96 Å². The minimum absolute atomic E-state index is 0. The van der Waals surface area contributed by atoms with Crippen molar-refractivity contribution in [2.24, 2.45) is 4.99 Å². The number of halogens is 4. The molecule has 0 saturated carbocycles. The standard InChI is InChI=1S/C21H27F3N4.HI/c1-25-20(27-14-17-6-4-5-7-18(17)15-28(2)3)26-13-12-16-8-10-19(11-9-16)21(22,23)24;/h4-11H,12-15H2,1-3H3,(H2,25,26,27);1H. The van der Waals surface area contributed by atoms with Gasteiger partial charge in [-0.05, 0) is 49.3 Å². The molecule has 4 nitrogen and oxygen atoms in total. The van der Waals surface area contributed by atoms with E-state index in [1.807, 2.05) is 26.2 Å². The molecule has 0 aliphatic carbocycles. The average Bonchev–Trinajstić information content (AvgIpc) is 2.65. The number of hydrogen-bond acceptors (Lipinski definition) is 2. The molecule has 0 aliphatic rings. The number of guanidine groups is 1. The number of rotatable bonds is 7. The molecular formula is C21H28F3IN4. The lowest BCUT2D eigenvalue weighted by molar-refractivity contribution is -0.137. The highest BCUT2D eigenvalue weighted by Gasteiger charge is 2.29. The molecule has 2 N–H and O–H groups in total. The third-order valence-corrected chi connectivity index (χ3v) is 4.26. The molecule has 2 rings (SSSR count). The molecule has 29 heavy (non-hydrogen) atoms. The summed E-state index contributed by atoms with van der Waals surface area (Å²) in [5.41, 5.74) is 2.66. The number of aliphatic imine (C=N–C) groups is 1. The van der Waals surface area contributed by atoms with Gasteiger partial charge in [-0.3, -0.25) is 4.99 Å². The Hall–Kier alpha value is -1.81. The Labute approximate surface area is 187 Å². The van der Waals surface area contributed by atoms with Gasteiger partial charge in [0.2, 0.25) is 0 Å². The third-order valence-electron chi connectivity index (χ3n) is 4.26. The first-order valence-electron chi connectivity index (χ1n) is 9.11. The lowest BCUT2D eigenvalue weighted by atomic mass is 10.1. The topological polar surface area (TPSA) is 39.7 Å². The number of nitrogens with zero attached hydrogens (tertiary/aromatic N) is 2. The summed E-state index contributed by atoms with van der Waals surface area (Å²) in [7, 11) is 5.76. The molecule has 0 radical (unpaired) electrons. The van der Waals surface area contributed by atoms with E-state index in [4.69, 9.17) is 0 Å². The van der Waals surface area contributed by atoms with E-state index < -0.39 is 11.7 Å². The largest absolute Gasteiger partial charge is 0.416 e. The molecule has 0 fully saturated rings. The summed E-state index contributed by atoms with van der Waals surface area (Å²) in [5, 5.41) is 6.49. The highest BCUT2D eigenvalue weighted by Crippen LogP contribution is 2.29. The van der Waals surface area contributed by atoms with E-state index in [1.165, 1.54) is 23.3 Å². The number of alkyl halides is 3. The SMILES string of the molecule is CN=C(NCCc1ccc(C(F)(F)F)cc1)NCc1ccccc1CN(C)C.I. The first kappa shape index (κ1) is 25.2. The lowest BCUT2D eigenvalue weighted by Crippen LogP contribution is -2.38. The lowest BCUT2D eigenvalue weighted by Gasteiger charge is -2.16. The predicted molar refractivity (Wildman–Crippen MR) is 123 cm³/mol. The fourth-order valence-electron chi connectivity index (χ4n) is 2.81. The molecule has 0 amide bonds. The van der Waals surface area contributed by atoms with E-state index >= 15 is 0 Å². The summed E-state index contributed by atoms with van der Waals surface area (Å²) in [6.07, 6.45) is -3.69. The molecule has 0 spiro atoms. The summed E-state index contributed by atoms with van der Waals surface area (Å²) in [4.78, 5) is 6.33. The van der Waals surface area contributed by atoms with Gasteiger partial charge in [0, 0.05) is 26.7 Å². The van der Waals surface area contributed by atoms with Crippen molar-refractivity contribution in [2.45, 2.75) is 25.7 Å². The Balaban J connectivity index is 0.00000420. The molecular weight excluding hydrogens is 492 g/mol. The van der Waals surface area contributed by atoms with Gasteiger partial charge in [-0.15, -0.1) is 24.0 Å². The van der Waals surface area contributed by atoms with Crippen LogP contribution in [-0.4, -0.2) is 38.5 Å². The number of benzene rings is 2. The maximum absolute atomic E-state index is 12.6. The zero-order valence-corrected chi connectivity index (χ0v) is 19.2. The highest BCUT2D eigenvalue weighted by molar-refractivity contribution is 14.0. The molecule has 2 aromatic rings. The minimum atomic E-state index is -4.30. The Bertz CT molecular complexity index is 774. The normalized spacial score (nSPS) is 11.9. The van der Waals surface area contributed by atoms with Crippen LogP contribution in [0.25, 0.3) is 0 Å². The van der Waals surface area contributed by atoms with Gasteiger partial charge >= 0.3 is 6.18 Å². The minimum Gasteiger partial charge on any atom is -0.356 e. The van der Waals surface area contributed by atoms with Gasteiger partial charge in [-0.25, -0.2) is 0 Å². The molecule has 0 unspecified atom stereocenters. The van der Waals surface area contributed by atoms with Crippen LogP contribution in [-0.2, 0) is 25.7 Å². The summed E-state index contributed by atoms with van der Waals surface area (Å²) < 4.78 is 37.8. The molecule has 8 heteroatoms. The van der Waals surface area contributed by atoms with Gasteiger partial charge in [-0.1, -0.05) is 36.4 Å². The quantitative estimate of drug-likeness (QED) is 0.325. The summed E-state index contributed by atoms with van der Waals surface area (Å²) in [6, 6.07) is 13.5. The molecule has 0 aromatic heterocycles. The zero-order chi connectivity index (χ0) is 20.6. The van der Waals surface area contributed by atoms with Crippen LogP contribution in [0.15, 0.2) is 53.5 Å². The van der Waals surface area contributed by atoms with Crippen LogP contribution in [0.5, 0.6) is 0 Å². The molecule has 2 aromatic carbocycles. The Morgan fingerprint density at radius 2 is 1.59 bits per heavy atom. The van der Waals surface area contributed by atoms with Crippen LogP contribution in [0.1, 0.15) is 22.3 Å². The smallest absolute Gasteiger partial charge is 0.356 e. The van der Waals surface area contributed by atoms with E-state index in [0.29, 0.717) is 25.5 Å². The van der Waals surface area contributed by atoms with E-state index in [2.05, 4.69) is 32.7 Å². The van der Waals surface area contributed by atoms with Crippen molar-refractivity contribution in [3.05, 3.63) is 70.8 Å². The van der Waals surface area contributed by atoms with Gasteiger partial charge in [0.1, 0.15) is 0 Å². The average molecular weight is 520 g/mol. The van der Waals surface area contributed by atoms with Crippen LogP contribution in [0, 0.1) is 0 Å². The Morgan fingerprint density at radius 1 is 0.966 bits per heavy atom. The van der Waals surface area contributed by atoms with Crippen LogP contribution < -0.4 is 10.6 Å². The molecule has 0 saturated heterocycles. The summed E-state index contributed by atoms with van der Waals surface area (Å²) in [6.45, 7) is 2.08. The number of hydrogen-bond donors (Lipinski definition) is 2. The van der Waals surface area contributed by atoms with Crippen LogP contribution in [0.3, 0.4) is 0 Å². The fraction of sp³-hybridized carbons (Fsp3) is 0.381. The second kappa shape index (κ2) is 12.0. The van der Waals surface area contributed by atoms with Crippen molar-refractivity contribution in [2.75, 3.05) is 27.7 Å². The first-order valence-corrected chi connectivity index (χ1v) is 9.11. The zero-order valence-electron chi connectivity index (χ0n) is 16.9. The molecule has 0 atom stereocenters. The Kier molecular flexibility index (Phi) is 10.5. The van der Waals surface area contributed by atoms with Gasteiger partial charge in [-0.2, -0.15) is 13.2 Å².